The van der Waals surface area contributed by atoms with Crippen LogP contribution in [-0.2, 0) is 17.3 Å². The van der Waals surface area contributed by atoms with Gasteiger partial charge in [0.25, 0.3) is 0 Å². The largest absolute Gasteiger partial charge is 0.149 e. The lowest BCUT2D eigenvalue weighted by atomic mass is 9.62. The minimum atomic E-state index is 0.313. The summed E-state index contributed by atoms with van der Waals surface area (Å²) in [6.07, 6.45) is 6.53. The Labute approximate surface area is 144 Å². The lowest BCUT2D eigenvalue weighted by molar-refractivity contribution is 0.331. The molecule has 0 saturated heterocycles. The zero-order valence-corrected chi connectivity index (χ0v) is 15.7. The minimum Gasteiger partial charge on any atom is -0.149 e. The van der Waals surface area contributed by atoms with Crippen LogP contribution in [-0.4, -0.2) is 0 Å². The molecule has 2 aliphatic rings. The van der Waals surface area contributed by atoms with Crippen LogP contribution in [0, 0.1) is 0 Å². The first-order chi connectivity index (χ1) is 10.9. The van der Waals surface area contributed by atoms with Crippen LogP contribution in [0.15, 0.2) is 29.6 Å². The van der Waals surface area contributed by atoms with Gasteiger partial charge in [0.05, 0.1) is 0 Å². The molecular formula is C22H28S. The van der Waals surface area contributed by atoms with Crippen LogP contribution in [0.2, 0.25) is 0 Å². The van der Waals surface area contributed by atoms with Crippen molar-refractivity contribution in [1.82, 2.24) is 0 Å². The van der Waals surface area contributed by atoms with Crippen LogP contribution < -0.4 is 0 Å². The predicted octanol–water partition coefficient (Wildman–Crippen LogP) is 6.57. The van der Waals surface area contributed by atoms with Gasteiger partial charge in [-0.15, -0.1) is 11.3 Å². The Morgan fingerprint density at radius 2 is 1.70 bits per heavy atom. The summed E-state index contributed by atoms with van der Waals surface area (Å²) in [6, 6.07) is 9.82. The van der Waals surface area contributed by atoms with E-state index in [2.05, 4.69) is 57.3 Å². The number of thiophene rings is 1. The van der Waals surface area contributed by atoms with E-state index >= 15 is 0 Å². The average molecular weight is 325 g/mol. The molecule has 0 spiro atoms. The Morgan fingerprint density at radius 1 is 0.957 bits per heavy atom. The van der Waals surface area contributed by atoms with E-state index in [9.17, 15) is 0 Å². The van der Waals surface area contributed by atoms with E-state index in [0.29, 0.717) is 16.7 Å². The summed E-state index contributed by atoms with van der Waals surface area (Å²) >= 11 is 1.95. The summed E-state index contributed by atoms with van der Waals surface area (Å²) in [5.74, 6) is 0.621. The second kappa shape index (κ2) is 5.21. The van der Waals surface area contributed by atoms with Gasteiger partial charge in [0, 0.05) is 10.8 Å². The fourth-order valence-electron chi connectivity index (χ4n) is 4.66. The maximum Gasteiger partial charge on any atom is 0.0101 e. The minimum absolute atomic E-state index is 0.313. The third-order valence-corrected chi connectivity index (χ3v) is 7.33. The summed E-state index contributed by atoms with van der Waals surface area (Å²) in [4.78, 5) is 1.62. The zero-order valence-electron chi connectivity index (χ0n) is 14.9. The van der Waals surface area contributed by atoms with Crippen molar-refractivity contribution >= 4 is 11.3 Å². The number of aryl methyl sites for hydroxylation is 1. The van der Waals surface area contributed by atoms with Crippen molar-refractivity contribution in [3.8, 4) is 0 Å². The molecule has 0 radical (unpaired) electrons. The van der Waals surface area contributed by atoms with Crippen LogP contribution in [0.5, 0.6) is 0 Å². The Bertz CT molecular complexity index is 732. The number of fused-ring (bicyclic) bond motifs is 2. The molecule has 0 nitrogen and oxygen atoms in total. The van der Waals surface area contributed by atoms with E-state index in [1.165, 1.54) is 32.1 Å². The molecule has 23 heavy (non-hydrogen) atoms. The molecule has 1 aromatic heterocycles. The van der Waals surface area contributed by atoms with E-state index in [0.717, 1.165) is 0 Å². The molecule has 2 aromatic rings. The van der Waals surface area contributed by atoms with Crippen LogP contribution >= 0.6 is 11.3 Å². The highest BCUT2D eigenvalue weighted by atomic mass is 32.1. The highest BCUT2D eigenvalue weighted by molar-refractivity contribution is 7.10. The third-order valence-electron chi connectivity index (χ3n) is 6.33. The van der Waals surface area contributed by atoms with Crippen molar-refractivity contribution in [3.05, 3.63) is 56.8 Å². The molecule has 1 aromatic carbocycles. The van der Waals surface area contributed by atoms with Gasteiger partial charge in [-0.05, 0) is 76.6 Å². The van der Waals surface area contributed by atoms with E-state index in [1.54, 1.807) is 27.1 Å². The summed E-state index contributed by atoms with van der Waals surface area (Å²) in [5, 5.41) is 2.29. The SMILES string of the molecule is CC1(C)CCC(C)(C)c2cc(C3CCCc4sccc43)ccc21. The maximum atomic E-state index is 2.56. The van der Waals surface area contributed by atoms with E-state index in [1.807, 2.05) is 11.3 Å². The van der Waals surface area contributed by atoms with Crippen molar-refractivity contribution in [2.75, 3.05) is 0 Å². The lowest BCUT2D eigenvalue weighted by Gasteiger charge is -2.42. The van der Waals surface area contributed by atoms with Crippen LogP contribution in [0.4, 0.5) is 0 Å². The van der Waals surface area contributed by atoms with Gasteiger partial charge in [-0.2, -0.15) is 0 Å². The quantitative estimate of drug-likeness (QED) is 0.557. The van der Waals surface area contributed by atoms with Gasteiger partial charge >= 0.3 is 0 Å². The van der Waals surface area contributed by atoms with E-state index in [4.69, 9.17) is 0 Å². The van der Waals surface area contributed by atoms with Crippen molar-refractivity contribution in [2.24, 2.45) is 0 Å². The molecule has 1 unspecified atom stereocenters. The second-order valence-corrected chi connectivity index (χ2v) is 9.82. The monoisotopic (exact) mass is 324 g/mol. The molecule has 1 heterocycles. The topological polar surface area (TPSA) is 0 Å². The highest BCUT2D eigenvalue weighted by Crippen LogP contribution is 2.48. The van der Waals surface area contributed by atoms with Crippen molar-refractivity contribution in [1.29, 1.82) is 0 Å². The molecule has 1 atom stereocenters. The molecule has 0 saturated carbocycles. The molecule has 122 valence electrons. The number of hydrogen-bond donors (Lipinski definition) is 0. The Balaban J connectivity index is 1.82. The molecular weight excluding hydrogens is 296 g/mol. The first kappa shape index (κ1) is 15.4. The van der Waals surface area contributed by atoms with Gasteiger partial charge < -0.3 is 0 Å². The number of hydrogen-bond acceptors (Lipinski definition) is 1. The summed E-state index contributed by atoms with van der Waals surface area (Å²) < 4.78 is 0. The van der Waals surface area contributed by atoms with Crippen molar-refractivity contribution < 1.29 is 0 Å². The zero-order chi connectivity index (χ0) is 16.2. The van der Waals surface area contributed by atoms with Crippen LogP contribution in [0.1, 0.15) is 86.4 Å². The Morgan fingerprint density at radius 3 is 2.48 bits per heavy atom. The fourth-order valence-corrected chi connectivity index (χ4v) is 5.64. The van der Waals surface area contributed by atoms with Crippen molar-refractivity contribution in [3.63, 3.8) is 0 Å². The summed E-state index contributed by atoms with van der Waals surface area (Å²) in [7, 11) is 0. The van der Waals surface area contributed by atoms with Gasteiger partial charge in [0.2, 0.25) is 0 Å². The lowest BCUT2D eigenvalue weighted by Crippen LogP contribution is -2.34. The Kier molecular flexibility index (Phi) is 3.50. The van der Waals surface area contributed by atoms with E-state index < -0.39 is 0 Å². The molecule has 0 amide bonds. The van der Waals surface area contributed by atoms with Gasteiger partial charge in [-0.1, -0.05) is 45.9 Å². The standard InChI is InChI=1S/C22H28S/c1-21(2)11-12-22(3,4)19-14-15(8-9-18(19)21)16-6-5-7-20-17(16)10-13-23-20/h8-10,13-14,16H,5-7,11-12H2,1-4H3. The van der Waals surface area contributed by atoms with Gasteiger partial charge in [0.15, 0.2) is 0 Å². The van der Waals surface area contributed by atoms with E-state index in [-0.39, 0.29) is 0 Å². The molecule has 2 aliphatic carbocycles. The second-order valence-electron chi connectivity index (χ2n) is 8.82. The highest BCUT2D eigenvalue weighted by Gasteiger charge is 2.37. The maximum absolute atomic E-state index is 2.56. The van der Waals surface area contributed by atoms with Gasteiger partial charge in [-0.25, -0.2) is 0 Å². The smallest absolute Gasteiger partial charge is 0.0101 e. The van der Waals surface area contributed by atoms with Crippen molar-refractivity contribution in [2.45, 2.75) is 76.5 Å². The first-order valence-corrected chi connectivity index (χ1v) is 9.98. The first-order valence-electron chi connectivity index (χ1n) is 9.10. The normalized spacial score (nSPS) is 24.8. The molecule has 0 bridgehead atoms. The third kappa shape index (κ3) is 2.48. The molecule has 0 N–H and O–H groups in total. The average Bonchev–Trinajstić information content (AvgIpc) is 3.00. The molecule has 4 rings (SSSR count). The number of rotatable bonds is 1. The molecule has 1 heteroatoms. The predicted molar refractivity (Wildman–Crippen MR) is 101 cm³/mol. The number of benzene rings is 1. The Hall–Kier alpha value is -1.08. The fraction of sp³-hybridized carbons (Fsp3) is 0.545. The summed E-state index contributed by atoms with van der Waals surface area (Å²) in [6.45, 7) is 9.69. The van der Waals surface area contributed by atoms with Gasteiger partial charge in [-0.3, -0.25) is 0 Å². The van der Waals surface area contributed by atoms with Crippen LogP contribution in [0.25, 0.3) is 0 Å². The van der Waals surface area contributed by atoms with Gasteiger partial charge in [0.1, 0.15) is 0 Å². The molecule has 0 aliphatic heterocycles. The van der Waals surface area contributed by atoms with Crippen LogP contribution in [0.3, 0.4) is 0 Å². The summed E-state index contributed by atoms with van der Waals surface area (Å²) in [5.41, 5.74) is 6.98. The molecule has 0 fully saturated rings.